The van der Waals surface area contributed by atoms with Crippen LogP contribution in [0.15, 0.2) is 0 Å². The van der Waals surface area contributed by atoms with Crippen molar-refractivity contribution in [3.63, 3.8) is 0 Å². The van der Waals surface area contributed by atoms with Gasteiger partial charge in [-0.1, -0.05) is 41.0 Å². The average Bonchev–Trinajstić information content (AvgIpc) is 1.88. The van der Waals surface area contributed by atoms with Gasteiger partial charge in [0, 0.05) is 0 Å². The minimum atomic E-state index is -0.205. The molecule has 1 unspecified atom stereocenters. The van der Waals surface area contributed by atoms with Crippen molar-refractivity contribution in [3.8, 4) is 0 Å². The Morgan fingerprint density at radius 3 is 1.82 bits per heavy atom. The summed E-state index contributed by atoms with van der Waals surface area (Å²) in [6.45, 7) is 10.3. The van der Waals surface area contributed by atoms with E-state index in [2.05, 4.69) is 20.8 Å². The molecule has 0 N–H and O–H groups in total. The normalized spacial score (nSPS) is 15.5. The maximum Gasteiger partial charge on any atom is 0.0948 e. The molecule has 1 heteroatoms. The van der Waals surface area contributed by atoms with Crippen LogP contribution in [0.5, 0.6) is 0 Å². The standard InChI is InChI=1S/C10H21F/c1-6-9(8(2)3)10(4,5)7-11/h8-9H,6-7H2,1-5H3. The molecule has 1 atom stereocenters. The molecule has 0 aromatic rings. The predicted molar refractivity (Wildman–Crippen MR) is 48.4 cm³/mol. The van der Waals surface area contributed by atoms with Crippen LogP contribution >= 0.6 is 0 Å². The third-order valence-corrected chi connectivity index (χ3v) is 2.59. The Hall–Kier alpha value is -0.0700. The molecule has 0 aromatic heterocycles. The number of hydrogen-bond donors (Lipinski definition) is 0. The third-order valence-electron chi connectivity index (χ3n) is 2.59. The average molecular weight is 160 g/mol. The first-order valence-corrected chi connectivity index (χ1v) is 4.51. The van der Waals surface area contributed by atoms with E-state index < -0.39 is 0 Å². The van der Waals surface area contributed by atoms with E-state index in [4.69, 9.17) is 0 Å². The molecule has 0 radical (unpaired) electrons. The summed E-state index contributed by atoms with van der Waals surface area (Å²) in [4.78, 5) is 0. The minimum Gasteiger partial charge on any atom is -0.251 e. The van der Waals surface area contributed by atoms with Gasteiger partial charge in [0.05, 0.1) is 6.67 Å². The highest BCUT2D eigenvalue weighted by Crippen LogP contribution is 2.35. The van der Waals surface area contributed by atoms with Crippen LogP contribution in [0.1, 0.15) is 41.0 Å². The second-order valence-corrected chi connectivity index (χ2v) is 4.38. The highest BCUT2D eigenvalue weighted by Gasteiger charge is 2.30. The Bertz CT molecular complexity index is 105. The molecule has 0 amide bonds. The molecule has 0 aliphatic heterocycles. The van der Waals surface area contributed by atoms with Gasteiger partial charge in [0.1, 0.15) is 0 Å². The lowest BCUT2D eigenvalue weighted by Gasteiger charge is -2.34. The zero-order chi connectivity index (χ0) is 9.07. The lowest BCUT2D eigenvalue weighted by atomic mass is 9.72. The first-order chi connectivity index (χ1) is 4.95. The van der Waals surface area contributed by atoms with Gasteiger partial charge in [0.2, 0.25) is 0 Å². The Balaban J connectivity index is 4.23. The molecule has 0 nitrogen and oxygen atoms in total. The molecule has 0 fully saturated rings. The molecule has 68 valence electrons. The van der Waals surface area contributed by atoms with Gasteiger partial charge in [-0.15, -0.1) is 0 Å². The van der Waals surface area contributed by atoms with Gasteiger partial charge in [0.25, 0.3) is 0 Å². The minimum absolute atomic E-state index is 0.136. The van der Waals surface area contributed by atoms with Crippen molar-refractivity contribution in [3.05, 3.63) is 0 Å². The second-order valence-electron chi connectivity index (χ2n) is 4.38. The third kappa shape index (κ3) is 2.80. The van der Waals surface area contributed by atoms with E-state index in [0.29, 0.717) is 11.8 Å². The van der Waals surface area contributed by atoms with E-state index in [-0.39, 0.29) is 12.1 Å². The fourth-order valence-electron chi connectivity index (χ4n) is 2.03. The number of rotatable bonds is 4. The smallest absolute Gasteiger partial charge is 0.0948 e. The number of hydrogen-bond acceptors (Lipinski definition) is 0. The lowest BCUT2D eigenvalue weighted by molar-refractivity contribution is 0.112. The van der Waals surface area contributed by atoms with Crippen LogP contribution in [0, 0.1) is 17.3 Å². The van der Waals surface area contributed by atoms with E-state index in [1.165, 1.54) is 0 Å². The van der Waals surface area contributed by atoms with E-state index in [1.54, 1.807) is 0 Å². The molecule has 11 heavy (non-hydrogen) atoms. The van der Waals surface area contributed by atoms with E-state index in [1.807, 2.05) is 13.8 Å². The van der Waals surface area contributed by atoms with E-state index in [9.17, 15) is 4.39 Å². The highest BCUT2D eigenvalue weighted by atomic mass is 19.1. The van der Waals surface area contributed by atoms with Gasteiger partial charge in [-0.25, -0.2) is 0 Å². The van der Waals surface area contributed by atoms with Crippen molar-refractivity contribution in [2.24, 2.45) is 17.3 Å². The van der Waals surface area contributed by atoms with Gasteiger partial charge >= 0.3 is 0 Å². The monoisotopic (exact) mass is 160 g/mol. The molecule has 0 rings (SSSR count). The van der Waals surface area contributed by atoms with Crippen LogP contribution in [0.4, 0.5) is 4.39 Å². The van der Waals surface area contributed by atoms with E-state index >= 15 is 0 Å². The Labute approximate surface area is 70.2 Å². The highest BCUT2D eigenvalue weighted by molar-refractivity contribution is 4.78. The molecular formula is C10H21F. The van der Waals surface area contributed by atoms with Crippen molar-refractivity contribution < 1.29 is 4.39 Å². The molecule has 0 saturated carbocycles. The Kier molecular flexibility index (Phi) is 4.05. The van der Waals surface area contributed by atoms with Crippen molar-refractivity contribution in [2.45, 2.75) is 41.0 Å². The van der Waals surface area contributed by atoms with Crippen LogP contribution in [0.2, 0.25) is 0 Å². The van der Waals surface area contributed by atoms with Crippen LogP contribution < -0.4 is 0 Å². The molecule has 0 aromatic carbocycles. The largest absolute Gasteiger partial charge is 0.251 e. The van der Waals surface area contributed by atoms with Crippen molar-refractivity contribution >= 4 is 0 Å². The van der Waals surface area contributed by atoms with Crippen LogP contribution in [-0.4, -0.2) is 6.67 Å². The molecule has 0 aliphatic carbocycles. The van der Waals surface area contributed by atoms with Crippen molar-refractivity contribution in [1.82, 2.24) is 0 Å². The van der Waals surface area contributed by atoms with Gasteiger partial charge in [-0.3, -0.25) is 4.39 Å². The fourth-order valence-corrected chi connectivity index (χ4v) is 2.03. The molecular weight excluding hydrogens is 139 g/mol. The first-order valence-electron chi connectivity index (χ1n) is 4.51. The Morgan fingerprint density at radius 1 is 1.27 bits per heavy atom. The van der Waals surface area contributed by atoms with Crippen LogP contribution in [0.3, 0.4) is 0 Å². The van der Waals surface area contributed by atoms with Crippen molar-refractivity contribution in [1.29, 1.82) is 0 Å². The predicted octanol–water partition coefficient (Wildman–Crippen LogP) is 3.66. The summed E-state index contributed by atoms with van der Waals surface area (Å²) in [5.74, 6) is 1.10. The molecule has 0 heterocycles. The quantitative estimate of drug-likeness (QED) is 0.588. The summed E-state index contributed by atoms with van der Waals surface area (Å²) in [7, 11) is 0. The summed E-state index contributed by atoms with van der Waals surface area (Å²) < 4.78 is 12.6. The topological polar surface area (TPSA) is 0 Å². The zero-order valence-corrected chi connectivity index (χ0v) is 8.45. The van der Waals surface area contributed by atoms with E-state index in [0.717, 1.165) is 6.42 Å². The summed E-state index contributed by atoms with van der Waals surface area (Å²) in [6.07, 6.45) is 1.08. The van der Waals surface area contributed by atoms with Crippen LogP contribution in [-0.2, 0) is 0 Å². The maximum absolute atomic E-state index is 12.6. The number of alkyl halides is 1. The maximum atomic E-state index is 12.6. The summed E-state index contributed by atoms with van der Waals surface area (Å²) in [6, 6.07) is 0. The van der Waals surface area contributed by atoms with Crippen LogP contribution in [0.25, 0.3) is 0 Å². The zero-order valence-electron chi connectivity index (χ0n) is 8.45. The fraction of sp³-hybridized carbons (Fsp3) is 1.00. The van der Waals surface area contributed by atoms with Gasteiger partial charge < -0.3 is 0 Å². The molecule has 0 saturated heterocycles. The molecule has 0 aliphatic rings. The number of halogens is 1. The SMILES string of the molecule is CCC(C(C)C)C(C)(C)CF. The van der Waals surface area contributed by atoms with Gasteiger partial charge in [-0.2, -0.15) is 0 Å². The molecule has 0 bridgehead atoms. The lowest BCUT2D eigenvalue weighted by Crippen LogP contribution is -2.29. The van der Waals surface area contributed by atoms with Crippen molar-refractivity contribution in [2.75, 3.05) is 6.67 Å². The first kappa shape index (κ1) is 10.9. The van der Waals surface area contributed by atoms with Gasteiger partial charge in [-0.05, 0) is 17.3 Å². The Morgan fingerprint density at radius 2 is 1.73 bits per heavy atom. The summed E-state index contributed by atoms with van der Waals surface area (Å²) in [5.41, 5.74) is -0.136. The summed E-state index contributed by atoms with van der Waals surface area (Å²) >= 11 is 0. The van der Waals surface area contributed by atoms with Gasteiger partial charge in [0.15, 0.2) is 0 Å². The second kappa shape index (κ2) is 4.08. The molecule has 0 spiro atoms. The summed E-state index contributed by atoms with van der Waals surface area (Å²) in [5, 5.41) is 0.